The first-order valence-electron chi connectivity index (χ1n) is 12.8. The van der Waals surface area contributed by atoms with Crippen molar-refractivity contribution in [3.8, 4) is 22.8 Å². The molecule has 0 spiro atoms. The summed E-state index contributed by atoms with van der Waals surface area (Å²) in [6.07, 6.45) is -6.05. The van der Waals surface area contributed by atoms with Crippen molar-refractivity contribution in [2.24, 2.45) is 5.41 Å². The van der Waals surface area contributed by atoms with Crippen molar-refractivity contribution in [2.75, 3.05) is 7.11 Å². The predicted octanol–water partition coefficient (Wildman–Crippen LogP) is 6.53. The Morgan fingerprint density at radius 2 is 1.68 bits per heavy atom. The zero-order valence-corrected chi connectivity index (χ0v) is 22.4. The van der Waals surface area contributed by atoms with Gasteiger partial charge in [0.15, 0.2) is 5.43 Å². The highest BCUT2D eigenvalue weighted by Crippen LogP contribution is 2.50. The standard InChI is InChI=1S/C31H27F3O7/c1-29(2)15-18-13-23-26(21(36)14-22(40-23)17-9-11-20(35)12-10-17)27(37)25(18)24(16-29)41-28(38)30(39-3,31(32,33)34)19-7-5-4-6-8-19/h4-14,24,35,37H,15-16H2,1-3H3/t24-,30-/m1/s1. The molecule has 214 valence electrons. The molecular weight excluding hydrogens is 541 g/mol. The van der Waals surface area contributed by atoms with E-state index in [1.165, 1.54) is 36.4 Å². The van der Waals surface area contributed by atoms with Gasteiger partial charge in [0.2, 0.25) is 0 Å². The zero-order valence-electron chi connectivity index (χ0n) is 22.4. The lowest BCUT2D eigenvalue weighted by Crippen LogP contribution is -2.52. The Hall–Kier alpha value is -4.31. The van der Waals surface area contributed by atoms with Crippen molar-refractivity contribution in [1.29, 1.82) is 0 Å². The number of carbonyl (C=O) groups is 1. The van der Waals surface area contributed by atoms with Gasteiger partial charge in [0.05, 0.1) is 0 Å². The Kier molecular flexibility index (Phi) is 6.85. The van der Waals surface area contributed by atoms with Gasteiger partial charge in [-0.3, -0.25) is 4.79 Å². The number of methoxy groups -OCH3 is 1. The number of carbonyl (C=O) groups excluding carboxylic acids is 1. The van der Waals surface area contributed by atoms with Crippen molar-refractivity contribution in [3.63, 3.8) is 0 Å². The minimum atomic E-state index is -5.18. The van der Waals surface area contributed by atoms with Crippen molar-refractivity contribution in [1.82, 2.24) is 0 Å². The molecule has 1 aliphatic carbocycles. The molecule has 0 radical (unpaired) electrons. The van der Waals surface area contributed by atoms with E-state index in [4.69, 9.17) is 13.9 Å². The molecule has 41 heavy (non-hydrogen) atoms. The molecule has 5 rings (SSSR count). The fraction of sp³-hybridized carbons (Fsp3) is 0.290. The van der Waals surface area contributed by atoms with Crippen molar-refractivity contribution < 1.29 is 42.1 Å². The van der Waals surface area contributed by atoms with E-state index in [1.807, 2.05) is 13.8 Å². The molecule has 2 N–H and O–H groups in total. The molecule has 3 aromatic carbocycles. The van der Waals surface area contributed by atoms with Crippen LogP contribution in [0, 0.1) is 5.41 Å². The maximum atomic E-state index is 14.5. The van der Waals surface area contributed by atoms with Gasteiger partial charge in [-0.05, 0) is 54.2 Å². The largest absolute Gasteiger partial charge is 0.508 e. The smallest absolute Gasteiger partial charge is 0.432 e. The van der Waals surface area contributed by atoms with Crippen LogP contribution in [-0.2, 0) is 26.3 Å². The average molecular weight is 569 g/mol. The van der Waals surface area contributed by atoms with E-state index in [0.717, 1.165) is 19.2 Å². The maximum absolute atomic E-state index is 14.5. The Labute approximate surface area is 232 Å². The van der Waals surface area contributed by atoms with Crippen LogP contribution in [0.3, 0.4) is 0 Å². The van der Waals surface area contributed by atoms with Crippen LogP contribution >= 0.6 is 0 Å². The quantitative estimate of drug-likeness (QED) is 0.264. The number of aromatic hydroxyl groups is 2. The predicted molar refractivity (Wildman–Crippen MR) is 143 cm³/mol. The first-order chi connectivity index (χ1) is 19.3. The summed E-state index contributed by atoms with van der Waals surface area (Å²) in [6.45, 7) is 3.71. The van der Waals surface area contributed by atoms with Gasteiger partial charge < -0.3 is 24.1 Å². The average Bonchev–Trinajstić information content (AvgIpc) is 2.88. The molecule has 0 aliphatic heterocycles. The first kappa shape index (κ1) is 28.2. The van der Waals surface area contributed by atoms with Gasteiger partial charge in [-0.25, -0.2) is 4.79 Å². The molecule has 1 aliphatic rings. The summed E-state index contributed by atoms with van der Waals surface area (Å²) in [5.74, 6) is -1.99. The summed E-state index contributed by atoms with van der Waals surface area (Å²) in [4.78, 5) is 26.6. The number of esters is 1. The van der Waals surface area contributed by atoms with Gasteiger partial charge in [0.25, 0.3) is 5.60 Å². The SMILES string of the molecule is CO[C@@](C(=O)O[C@@H]1CC(C)(C)Cc2cc3oc(-c4ccc(O)cc4)cc(=O)c3c(O)c21)(c1ccccc1)C(F)(F)F. The van der Waals surface area contributed by atoms with Crippen molar-refractivity contribution in [2.45, 2.75) is 44.6 Å². The van der Waals surface area contributed by atoms with E-state index in [2.05, 4.69) is 0 Å². The van der Waals surface area contributed by atoms with Crippen LogP contribution in [-0.4, -0.2) is 29.5 Å². The number of alkyl halides is 3. The van der Waals surface area contributed by atoms with Crippen molar-refractivity contribution in [3.05, 3.63) is 93.6 Å². The third kappa shape index (κ3) is 4.82. The number of hydrogen-bond acceptors (Lipinski definition) is 7. The number of halogens is 3. The van der Waals surface area contributed by atoms with Crippen LogP contribution in [0.1, 0.15) is 43.1 Å². The van der Waals surface area contributed by atoms with E-state index < -0.39 is 46.0 Å². The molecule has 0 saturated carbocycles. The molecule has 1 heterocycles. The third-order valence-corrected chi connectivity index (χ3v) is 7.42. The summed E-state index contributed by atoms with van der Waals surface area (Å²) in [7, 11) is 0.780. The Bertz CT molecular complexity index is 1680. The molecule has 0 unspecified atom stereocenters. The Morgan fingerprint density at radius 3 is 2.29 bits per heavy atom. The molecule has 1 aromatic heterocycles. The lowest BCUT2D eigenvalue weighted by molar-refractivity contribution is -0.279. The van der Waals surface area contributed by atoms with Gasteiger partial charge in [0, 0.05) is 29.9 Å². The van der Waals surface area contributed by atoms with Gasteiger partial charge in [-0.15, -0.1) is 0 Å². The third-order valence-electron chi connectivity index (χ3n) is 7.42. The second-order valence-corrected chi connectivity index (χ2v) is 10.9. The number of fused-ring (bicyclic) bond motifs is 2. The van der Waals surface area contributed by atoms with E-state index in [1.54, 1.807) is 18.2 Å². The second-order valence-electron chi connectivity index (χ2n) is 10.9. The molecule has 0 amide bonds. The number of phenols is 2. The number of ether oxygens (including phenoxy) is 2. The summed E-state index contributed by atoms with van der Waals surface area (Å²) in [5.41, 5.74) is -3.95. The number of hydrogen-bond donors (Lipinski definition) is 2. The maximum Gasteiger partial charge on any atom is 0.432 e. The molecule has 4 aromatic rings. The second kappa shape index (κ2) is 9.95. The lowest BCUT2D eigenvalue weighted by atomic mass is 9.72. The van der Waals surface area contributed by atoms with E-state index in [9.17, 15) is 33.0 Å². The summed E-state index contributed by atoms with van der Waals surface area (Å²) in [6, 6.07) is 15.2. The van der Waals surface area contributed by atoms with Crippen LogP contribution in [0.15, 0.2) is 75.9 Å². The monoisotopic (exact) mass is 568 g/mol. The first-order valence-corrected chi connectivity index (χ1v) is 12.8. The molecular formula is C31H27F3O7. The summed E-state index contributed by atoms with van der Waals surface area (Å²) in [5, 5.41) is 20.7. The van der Waals surface area contributed by atoms with E-state index in [-0.39, 0.29) is 34.5 Å². The summed E-state index contributed by atoms with van der Waals surface area (Å²) < 4.78 is 59.9. The number of benzene rings is 3. The van der Waals surface area contributed by atoms with Gasteiger partial charge in [-0.1, -0.05) is 44.2 Å². The van der Waals surface area contributed by atoms with Crippen molar-refractivity contribution >= 4 is 16.9 Å². The highest BCUT2D eigenvalue weighted by Gasteiger charge is 2.64. The van der Waals surface area contributed by atoms with Crippen LogP contribution in [0.25, 0.3) is 22.3 Å². The minimum Gasteiger partial charge on any atom is -0.508 e. The van der Waals surface area contributed by atoms with Crippen LogP contribution in [0.2, 0.25) is 0 Å². The highest BCUT2D eigenvalue weighted by molar-refractivity contribution is 5.88. The molecule has 0 bridgehead atoms. The lowest BCUT2D eigenvalue weighted by Gasteiger charge is -2.39. The molecule has 2 atom stereocenters. The molecule has 7 nitrogen and oxygen atoms in total. The van der Waals surface area contributed by atoms with E-state index >= 15 is 0 Å². The van der Waals surface area contributed by atoms with Gasteiger partial charge in [-0.2, -0.15) is 13.2 Å². The van der Waals surface area contributed by atoms with Crippen LogP contribution in [0.5, 0.6) is 11.5 Å². The fourth-order valence-corrected chi connectivity index (χ4v) is 5.53. The molecule has 0 fully saturated rings. The Balaban J connectivity index is 1.64. The van der Waals surface area contributed by atoms with Crippen LogP contribution < -0.4 is 5.43 Å². The number of phenolic OH excluding ortho intramolecular Hbond substituents is 2. The van der Waals surface area contributed by atoms with Gasteiger partial charge >= 0.3 is 12.1 Å². The minimum absolute atomic E-state index is 0.0294. The normalized spacial score (nSPS) is 18.0. The molecule has 0 saturated heterocycles. The van der Waals surface area contributed by atoms with Gasteiger partial charge in [0.1, 0.15) is 34.3 Å². The number of rotatable bonds is 5. The topological polar surface area (TPSA) is 106 Å². The van der Waals surface area contributed by atoms with E-state index in [0.29, 0.717) is 17.5 Å². The zero-order chi connectivity index (χ0) is 29.7. The summed E-state index contributed by atoms with van der Waals surface area (Å²) >= 11 is 0. The Morgan fingerprint density at radius 1 is 1.02 bits per heavy atom. The molecule has 10 heteroatoms. The fourth-order valence-electron chi connectivity index (χ4n) is 5.53. The highest BCUT2D eigenvalue weighted by atomic mass is 19.4. The van der Waals surface area contributed by atoms with Crippen LogP contribution in [0.4, 0.5) is 13.2 Å².